The van der Waals surface area contributed by atoms with Crippen LogP contribution in [0.4, 0.5) is 0 Å². The quantitative estimate of drug-likeness (QED) is 0.0275. The SMILES string of the molecule is CC1OC(OCC2OC(Oc3cc4c(OC5OC(CO)C(O)C(O)C5O)cc(O)cc4[o+]c3-c3ccc(O)c(O)c3)C(O)C(O)C2O)C(O)C(O)C1OC(=O)C=Cc1ccc(O)c(O)c1.[Cl-]. The molecule has 3 fully saturated rings. The summed E-state index contributed by atoms with van der Waals surface area (Å²) in [4.78, 5) is 12.6. The first-order chi connectivity index (χ1) is 30.8. The van der Waals surface area contributed by atoms with Crippen molar-refractivity contribution in [2.75, 3.05) is 13.2 Å². The summed E-state index contributed by atoms with van der Waals surface area (Å²) in [6, 6.07) is 10.7. The van der Waals surface area contributed by atoms with Crippen molar-refractivity contribution in [3.05, 3.63) is 66.2 Å². The maximum absolute atomic E-state index is 12.6. The summed E-state index contributed by atoms with van der Waals surface area (Å²) < 4.78 is 45.9. The molecule has 0 amide bonds. The van der Waals surface area contributed by atoms with Gasteiger partial charge in [0.2, 0.25) is 18.3 Å². The van der Waals surface area contributed by atoms with Gasteiger partial charge in [0, 0.05) is 24.3 Å². The molecule has 15 atom stereocenters. The number of rotatable bonds is 12. The van der Waals surface area contributed by atoms with Crippen LogP contribution in [0.25, 0.3) is 28.4 Å². The Labute approximate surface area is 378 Å². The fourth-order valence-corrected chi connectivity index (χ4v) is 7.27. The number of carbonyl (C=O) groups excluding carboxylic acids is 1. The second-order valence-electron chi connectivity index (χ2n) is 15.5. The first kappa shape index (κ1) is 50.1. The van der Waals surface area contributed by atoms with Crippen LogP contribution < -0.4 is 21.9 Å². The minimum Gasteiger partial charge on any atom is -1.00 e. The Morgan fingerprint density at radius 1 is 0.652 bits per heavy atom. The third kappa shape index (κ3) is 10.4. The lowest BCUT2D eigenvalue weighted by Crippen LogP contribution is -3.00. The molecule has 3 aliphatic heterocycles. The predicted octanol–water partition coefficient (Wildman–Crippen LogP) is -4.61. The lowest BCUT2D eigenvalue weighted by molar-refractivity contribution is -0.319. The summed E-state index contributed by atoms with van der Waals surface area (Å²) in [5.41, 5.74) is 0.228. The van der Waals surface area contributed by atoms with Crippen molar-refractivity contribution in [1.29, 1.82) is 0 Å². The highest BCUT2D eigenvalue weighted by atomic mass is 35.5. The second kappa shape index (κ2) is 20.7. The van der Waals surface area contributed by atoms with Gasteiger partial charge in [-0.3, -0.25) is 0 Å². The zero-order valence-corrected chi connectivity index (χ0v) is 35.0. The molecule has 4 heterocycles. The fourth-order valence-electron chi connectivity index (χ4n) is 7.27. The highest BCUT2D eigenvalue weighted by Gasteiger charge is 2.49. The molecule has 3 aromatic carbocycles. The van der Waals surface area contributed by atoms with E-state index in [0.717, 1.165) is 30.3 Å². The molecule has 15 unspecified atom stereocenters. The van der Waals surface area contributed by atoms with Gasteiger partial charge in [-0.15, -0.1) is 0 Å². The molecule has 0 saturated carbocycles. The number of phenolic OH excluding ortho intramolecular Hbond substituents is 5. The summed E-state index contributed by atoms with van der Waals surface area (Å²) in [5.74, 6) is -4.18. The largest absolute Gasteiger partial charge is 1.00 e. The van der Waals surface area contributed by atoms with Crippen LogP contribution in [0.5, 0.6) is 40.2 Å². The van der Waals surface area contributed by atoms with E-state index in [0.29, 0.717) is 5.56 Å². The van der Waals surface area contributed by atoms with E-state index in [9.17, 15) is 76.3 Å². The van der Waals surface area contributed by atoms with Gasteiger partial charge in [0.05, 0.1) is 30.9 Å². The molecule has 3 aliphatic rings. The molecule has 14 N–H and O–H groups in total. The van der Waals surface area contributed by atoms with Crippen LogP contribution >= 0.6 is 0 Å². The average Bonchev–Trinajstić information content (AvgIpc) is 3.27. The summed E-state index contributed by atoms with van der Waals surface area (Å²) in [5, 5.41) is 146. The Hall–Kier alpha value is -5.35. The smallest absolute Gasteiger partial charge is 0.402 e. The van der Waals surface area contributed by atoms with Crippen LogP contribution in [0.3, 0.4) is 0 Å². The van der Waals surface area contributed by atoms with Gasteiger partial charge in [0.1, 0.15) is 77.9 Å². The zero-order valence-electron chi connectivity index (χ0n) is 34.2. The first-order valence-corrected chi connectivity index (χ1v) is 19.9. The molecule has 360 valence electrons. The molecule has 7 rings (SSSR count). The van der Waals surface area contributed by atoms with Crippen molar-refractivity contribution in [1.82, 2.24) is 0 Å². The van der Waals surface area contributed by atoms with E-state index in [1.807, 2.05) is 0 Å². The van der Waals surface area contributed by atoms with Crippen molar-refractivity contribution < 1.29 is 126 Å². The number of hydrogen-bond acceptors (Lipinski definition) is 22. The number of aliphatic hydroxyl groups excluding tert-OH is 9. The summed E-state index contributed by atoms with van der Waals surface area (Å²) in [6.07, 6.45) is -23.3. The number of halogens is 1. The molecule has 4 aromatic rings. The van der Waals surface area contributed by atoms with Gasteiger partial charge in [0.25, 0.3) is 0 Å². The van der Waals surface area contributed by atoms with Crippen molar-refractivity contribution >= 4 is 23.0 Å². The Bertz CT molecular complexity index is 2360. The summed E-state index contributed by atoms with van der Waals surface area (Å²) in [6.45, 7) is -0.0551. The summed E-state index contributed by atoms with van der Waals surface area (Å²) >= 11 is 0. The van der Waals surface area contributed by atoms with Crippen LogP contribution in [-0.2, 0) is 28.5 Å². The van der Waals surface area contributed by atoms with Gasteiger partial charge < -0.3 is 117 Å². The van der Waals surface area contributed by atoms with E-state index < -0.39 is 134 Å². The number of hydrogen-bond donors (Lipinski definition) is 14. The number of aliphatic hydroxyl groups is 9. The molecule has 0 radical (unpaired) electrons. The standard InChI is InChI=1S/C42H46O23.ClH/c1-15-38(65-29(49)7-3-16-2-5-20(45)22(47)8-16)34(54)37(57)40(59-15)58-14-28-31(51)33(53)36(56)42(64-28)62-26-12-19-24(60-39(26)17-4-6-21(46)23(48)9-17)10-18(44)11-25(19)61-41-35(55)32(52)30(50)27(13-43)63-41;/h2-12,15,27-28,30-38,40-43,50-57H,13-14H2,1H3,(H4-,44,45,46,47,48,49);1H. The second-order valence-corrected chi connectivity index (χ2v) is 15.5. The predicted molar refractivity (Wildman–Crippen MR) is 214 cm³/mol. The highest BCUT2D eigenvalue weighted by Crippen LogP contribution is 2.43. The van der Waals surface area contributed by atoms with Crippen molar-refractivity contribution in [2.24, 2.45) is 0 Å². The molecule has 66 heavy (non-hydrogen) atoms. The third-order valence-corrected chi connectivity index (χ3v) is 10.9. The molecule has 23 nitrogen and oxygen atoms in total. The lowest BCUT2D eigenvalue weighted by atomic mass is 9.98. The first-order valence-electron chi connectivity index (χ1n) is 19.9. The molecule has 24 heteroatoms. The minimum absolute atomic E-state index is 0. The molecule has 0 aliphatic carbocycles. The van der Waals surface area contributed by atoms with E-state index in [1.54, 1.807) is 0 Å². The molecule has 0 bridgehead atoms. The van der Waals surface area contributed by atoms with Gasteiger partial charge >= 0.3 is 17.3 Å². The third-order valence-electron chi connectivity index (χ3n) is 10.9. The molecule has 0 spiro atoms. The lowest BCUT2D eigenvalue weighted by Gasteiger charge is -2.42. The Morgan fingerprint density at radius 3 is 1.88 bits per heavy atom. The van der Waals surface area contributed by atoms with Crippen LogP contribution in [0.15, 0.2) is 65.1 Å². The number of fused-ring (bicyclic) bond motifs is 1. The Kier molecular flexibility index (Phi) is 15.7. The van der Waals surface area contributed by atoms with Gasteiger partial charge in [0.15, 0.2) is 35.4 Å². The Morgan fingerprint density at radius 2 is 1.24 bits per heavy atom. The maximum atomic E-state index is 12.6. The maximum Gasteiger partial charge on any atom is 0.402 e. The number of phenols is 5. The number of ether oxygens (including phenoxy) is 7. The molecule has 1 aromatic heterocycles. The Balaban J connectivity index is 0.00000720. The molecular formula is C42H47ClO23. The van der Waals surface area contributed by atoms with E-state index in [4.69, 9.17) is 37.6 Å². The van der Waals surface area contributed by atoms with Crippen molar-refractivity contribution in [2.45, 2.75) is 99.0 Å². The monoisotopic (exact) mass is 954 g/mol. The number of esters is 1. The van der Waals surface area contributed by atoms with E-state index in [-0.39, 0.29) is 51.9 Å². The zero-order chi connectivity index (χ0) is 47.0. The number of carbonyl (C=O) groups is 1. The van der Waals surface area contributed by atoms with Crippen molar-refractivity contribution in [3.63, 3.8) is 0 Å². The van der Waals surface area contributed by atoms with Crippen LogP contribution in [0.2, 0.25) is 0 Å². The van der Waals surface area contributed by atoms with Gasteiger partial charge in [-0.05, 0) is 42.8 Å². The van der Waals surface area contributed by atoms with Gasteiger partial charge in [-0.25, -0.2) is 9.21 Å². The molecular weight excluding hydrogens is 908 g/mol. The topological polar surface area (TPSA) is 376 Å². The number of benzene rings is 3. The van der Waals surface area contributed by atoms with Crippen molar-refractivity contribution in [3.8, 4) is 51.6 Å². The molecule has 3 saturated heterocycles. The van der Waals surface area contributed by atoms with E-state index >= 15 is 0 Å². The number of aromatic hydroxyl groups is 5. The van der Waals surface area contributed by atoms with Crippen LogP contribution in [0, 0.1) is 0 Å². The fraction of sp³-hybridized carbons (Fsp3) is 0.429. The van der Waals surface area contributed by atoms with Gasteiger partial charge in [-0.2, -0.15) is 0 Å². The average molecular weight is 955 g/mol. The highest BCUT2D eigenvalue weighted by molar-refractivity contribution is 5.89. The van der Waals surface area contributed by atoms with E-state index in [2.05, 4.69) is 0 Å². The minimum atomic E-state index is -2.00. The summed E-state index contributed by atoms with van der Waals surface area (Å²) in [7, 11) is 0. The van der Waals surface area contributed by atoms with Crippen LogP contribution in [0.1, 0.15) is 12.5 Å². The van der Waals surface area contributed by atoms with Gasteiger partial charge in [-0.1, -0.05) is 6.07 Å². The van der Waals surface area contributed by atoms with Crippen LogP contribution in [-0.4, -0.2) is 183 Å². The normalized spacial score (nSPS) is 32.4. The van der Waals surface area contributed by atoms with E-state index in [1.165, 1.54) is 43.3 Å².